The standard InChI is InChI=1S/C20H14FN3O2/c21-16-7-2-1-6-15(16)17-11-18(24-26-17)20(8-9-20)19(25)23-14-5-3-4-13(10-14)12-22/h1-7,10-11H,8-9H2,(H,23,25). The van der Waals surface area contributed by atoms with E-state index in [0.717, 1.165) is 0 Å². The van der Waals surface area contributed by atoms with Gasteiger partial charge in [-0.05, 0) is 43.2 Å². The third-order valence-corrected chi connectivity index (χ3v) is 4.57. The second-order valence-corrected chi connectivity index (χ2v) is 6.29. The van der Waals surface area contributed by atoms with Crippen molar-refractivity contribution in [2.75, 3.05) is 5.32 Å². The molecular formula is C20H14FN3O2. The third-order valence-electron chi connectivity index (χ3n) is 4.57. The van der Waals surface area contributed by atoms with Crippen LogP contribution in [-0.4, -0.2) is 11.1 Å². The number of hydrogen-bond donors (Lipinski definition) is 1. The molecule has 5 nitrogen and oxygen atoms in total. The molecule has 1 fully saturated rings. The molecule has 0 atom stereocenters. The normalized spacial score (nSPS) is 14.5. The highest BCUT2D eigenvalue weighted by Crippen LogP contribution is 2.49. The van der Waals surface area contributed by atoms with Gasteiger partial charge in [-0.25, -0.2) is 4.39 Å². The molecule has 6 heteroatoms. The summed E-state index contributed by atoms with van der Waals surface area (Å²) in [6.45, 7) is 0. The fourth-order valence-electron chi connectivity index (χ4n) is 2.93. The highest BCUT2D eigenvalue weighted by atomic mass is 19.1. The molecule has 2 aromatic carbocycles. The Labute approximate surface area is 149 Å². The van der Waals surface area contributed by atoms with E-state index in [0.29, 0.717) is 41.1 Å². The molecule has 1 saturated carbocycles. The number of halogens is 1. The lowest BCUT2D eigenvalue weighted by Gasteiger charge is -2.12. The number of nitrogens with zero attached hydrogens (tertiary/aromatic N) is 2. The first kappa shape index (κ1) is 16.0. The summed E-state index contributed by atoms with van der Waals surface area (Å²) in [4.78, 5) is 12.8. The van der Waals surface area contributed by atoms with Gasteiger partial charge in [0.25, 0.3) is 0 Å². The van der Waals surface area contributed by atoms with Crippen LogP contribution in [-0.2, 0) is 10.2 Å². The Kier molecular flexibility index (Phi) is 3.77. The van der Waals surface area contributed by atoms with Crippen molar-refractivity contribution in [1.82, 2.24) is 5.16 Å². The molecular weight excluding hydrogens is 333 g/mol. The molecule has 0 radical (unpaired) electrons. The monoisotopic (exact) mass is 347 g/mol. The van der Waals surface area contributed by atoms with E-state index in [1.165, 1.54) is 6.07 Å². The van der Waals surface area contributed by atoms with Crippen LogP contribution in [0.25, 0.3) is 11.3 Å². The number of nitriles is 1. The van der Waals surface area contributed by atoms with Crippen molar-refractivity contribution in [1.29, 1.82) is 5.26 Å². The summed E-state index contributed by atoms with van der Waals surface area (Å²) in [5.74, 6) is -0.317. The minimum Gasteiger partial charge on any atom is -0.356 e. The van der Waals surface area contributed by atoms with Gasteiger partial charge >= 0.3 is 0 Å². The molecule has 0 bridgehead atoms. The van der Waals surface area contributed by atoms with Crippen molar-refractivity contribution in [3.8, 4) is 17.4 Å². The first-order valence-electron chi connectivity index (χ1n) is 8.16. The highest BCUT2D eigenvalue weighted by Gasteiger charge is 2.53. The van der Waals surface area contributed by atoms with Crippen molar-refractivity contribution in [2.45, 2.75) is 18.3 Å². The van der Waals surface area contributed by atoms with Crippen LogP contribution in [0.4, 0.5) is 10.1 Å². The number of anilines is 1. The Morgan fingerprint density at radius 3 is 2.73 bits per heavy atom. The number of nitrogens with one attached hydrogen (secondary N) is 1. The summed E-state index contributed by atoms with van der Waals surface area (Å²) in [6.07, 6.45) is 1.28. The summed E-state index contributed by atoms with van der Waals surface area (Å²) in [7, 11) is 0. The van der Waals surface area contributed by atoms with Crippen LogP contribution in [0.3, 0.4) is 0 Å². The van der Waals surface area contributed by atoms with Crippen LogP contribution in [0, 0.1) is 17.1 Å². The maximum Gasteiger partial charge on any atom is 0.236 e. The van der Waals surface area contributed by atoms with Gasteiger partial charge in [0.15, 0.2) is 5.76 Å². The summed E-state index contributed by atoms with van der Waals surface area (Å²) in [5.41, 5.74) is 1.05. The number of aromatic nitrogens is 1. The second-order valence-electron chi connectivity index (χ2n) is 6.29. The lowest BCUT2D eigenvalue weighted by Crippen LogP contribution is -2.28. The number of carbonyl (C=O) groups excluding carboxylic acids is 1. The molecule has 0 aliphatic heterocycles. The fraction of sp³-hybridized carbons (Fsp3) is 0.150. The van der Waals surface area contributed by atoms with Gasteiger partial charge in [0.1, 0.15) is 5.82 Å². The van der Waals surface area contributed by atoms with Crippen molar-refractivity contribution >= 4 is 11.6 Å². The van der Waals surface area contributed by atoms with E-state index in [2.05, 4.69) is 10.5 Å². The van der Waals surface area contributed by atoms with E-state index in [-0.39, 0.29) is 5.91 Å². The molecule has 128 valence electrons. The maximum atomic E-state index is 13.9. The summed E-state index contributed by atoms with van der Waals surface area (Å²) in [6, 6.07) is 16.6. The van der Waals surface area contributed by atoms with Crippen LogP contribution in [0.2, 0.25) is 0 Å². The van der Waals surface area contributed by atoms with E-state index in [1.54, 1.807) is 48.5 Å². The van der Waals surface area contributed by atoms with Crippen LogP contribution >= 0.6 is 0 Å². The Balaban J connectivity index is 1.59. The molecule has 4 rings (SSSR count). The average molecular weight is 347 g/mol. The van der Waals surface area contributed by atoms with Crippen molar-refractivity contribution in [2.24, 2.45) is 0 Å². The largest absolute Gasteiger partial charge is 0.356 e. The molecule has 0 saturated heterocycles. The molecule has 26 heavy (non-hydrogen) atoms. The molecule has 1 heterocycles. The molecule has 0 unspecified atom stereocenters. The SMILES string of the molecule is N#Cc1cccc(NC(=O)C2(c3cc(-c4ccccc4F)on3)CC2)c1. The Bertz CT molecular complexity index is 1030. The lowest BCUT2D eigenvalue weighted by atomic mass is 10.00. The fourth-order valence-corrected chi connectivity index (χ4v) is 2.93. The number of hydrogen-bond acceptors (Lipinski definition) is 4. The van der Waals surface area contributed by atoms with E-state index in [1.807, 2.05) is 6.07 Å². The lowest BCUT2D eigenvalue weighted by molar-refractivity contribution is -0.118. The van der Waals surface area contributed by atoms with E-state index < -0.39 is 11.2 Å². The summed E-state index contributed by atoms with van der Waals surface area (Å²) < 4.78 is 19.2. The second kappa shape index (κ2) is 6.12. The zero-order valence-electron chi connectivity index (χ0n) is 13.7. The van der Waals surface area contributed by atoms with Crippen LogP contribution in [0.5, 0.6) is 0 Å². The number of amides is 1. The van der Waals surface area contributed by atoms with Crippen LogP contribution in [0.15, 0.2) is 59.1 Å². The van der Waals surface area contributed by atoms with Gasteiger partial charge in [0.05, 0.1) is 28.3 Å². The minimum absolute atomic E-state index is 0.207. The number of carbonyl (C=O) groups is 1. The molecule has 1 amide bonds. The molecule has 1 aromatic heterocycles. The van der Waals surface area contributed by atoms with Gasteiger partial charge in [0, 0.05) is 11.8 Å². The molecule has 1 aliphatic rings. The van der Waals surface area contributed by atoms with Gasteiger partial charge in [-0.3, -0.25) is 4.79 Å². The predicted molar refractivity (Wildman–Crippen MR) is 92.6 cm³/mol. The molecule has 1 aliphatic carbocycles. The topological polar surface area (TPSA) is 78.9 Å². The van der Waals surface area contributed by atoms with Crippen molar-refractivity contribution in [3.63, 3.8) is 0 Å². The van der Waals surface area contributed by atoms with Gasteiger partial charge in [-0.15, -0.1) is 0 Å². The highest BCUT2D eigenvalue weighted by molar-refractivity contribution is 6.01. The zero-order chi connectivity index (χ0) is 18.1. The summed E-state index contributed by atoms with van der Waals surface area (Å²) in [5, 5.41) is 15.8. The van der Waals surface area contributed by atoms with Crippen LogP contribution in [0.1, 0.15) is 24.1 Å². The Hall–Kier alpha value is -3.46. The molecule has 3 aromatic rings. The quantitative estimate of drug-likeness (QED) is 0.773. The van der Waals surface area contributed by atoms with Gasteiger partial charge < -0.3 is 9.84 Å². The predicted octanol–water partition coefficient (Wildman–Crippen LogP) is 4.02. The van der Waals surface area contributed by atoms with Crippen LogP contribution < -0.4 is 5.32 Å². The minimum atomic E-state index is -0.768. The van der Waals surface area contributed by atoms with E-state index in [9.17, 15) is 9.18 Å². The molecule has 1 N–H and O–H groups in total. The van der Waals surface area contributed by atoms with E-state index >= 15 is 0 Å². The van der Waals surface area contributed by atoms with Gasteiger partial charge in [0.2, 0.25) is 5.91 Å². The number of benzene rings is 2. The third kappa shape index (κ3) is 2.74. The zero-order valence-corrected chi connectivity index (χ0v) is 13.7. The van der Waals surface area contributed by atoms with Crippen molar-refractivity contribution < 1.29 is 13.7 Å². The first-order chi connectivity index (χ1) is 12.6. The van der Waals surface area contributed by atoms with Crippen molar-refractivity contribution in [3.05, 3.63) is 71.7 Å². The van der Waals surface area contributed by atoms with Gasteiger partial charge in [-0.1, -0.05) is 23.4 Å². The first-order valence-corrected chi connectivity index (χ1v) is 8.16. The summed E-state index contributed by atoms with van der Waals surface area (Å²) >= 11 is 0. The van der Waals surface area contributed by atoms with Gasteiger partial charge in [-0.2, -0.15) is 5.26 Å². The average Bonchev–Trinajstić information content (AvgIpc) is 3.33. The Morgan fingerprint density at radius 2 is 2.00 bits per heavy atom. The number of rotatable bonds is 4. The maximum absolute atomic E-state index is 13.9. The van der Waals surface area contributed by atoms with E-state index in [4.69, 9.17) is 9.78 Å². The smallest absolute Gasteiger partial charge is 0.236 e. The molecule has 0 spiro atoms. The Morgan fingerprint density at radius 1 is 1.19 bits per heavy atom.